The van der Waals surface area contributed by atoms with Gasteiger partial charge >= 0.3 is 6.03 Å². The number of para-hydroxylation sites is 1. The van der Waals surface area contributed by atoms with Crippen LogP contribution < -0.4 is 15.5 Å². The van der Waals surface area contributed by atoms with E-state index in [0.717, 1.165) is 32.4 Å². The molecule has 23 heavy (non-hydrogen) atoms. The highest BCUT2D eigenvalue weighted by Crippen LogP contribution is 2.19. The van der Waals surface area contributed by atoms with E-state index in [4.69, 9.17) is 5.11 Å². The van der Waals surface area contributed by atoms with Gasteiger partial charge in [-0.05, 0) is 44.7 Å². The summed E-state index contributed by atoms with van der Waals surface area (Å²) in [6.45, 7) is 5.94. The molecule has 2 unspecified atom stereocenters. The smallest absolute Gasteiger partial charge is 0.315 e. The van der Waals surface area contributed by atoms with Gasteiger partial charge in [-0.15, -0.1) is 0 Å². The minimum absolute atomic E-state index is 0.0792. The van der Waals surface area contributed by atoms with Crippen LogP contribution >= 0.6 is 0 Å². The van der Waals surface area contributed by atoms with Crippen LogP contribution in [0.2, 0.25) is 0 Å². The third kappa shape index (κ3) is 5.13. The second-order valence-corrected chi connectivity index (χ2v) is 6.61. The molecular formula is C18H29N3O2. The molecule has 0 spiro atoms. The molecule has 1 aliphatic rings. The molecule has 2 rings (SSSR count). The Morgan fingerprint density at radius 2 is 2.13 bits per heavy atom. The number of carbonyl (C=O) groups excluding carboxylic acids is 1. The molecule has 1 fully saturated rings. The number of urea groups is 1. The van der Waals surface area contributed by atoms with Crippen LogP contribution in [0, 0.1) is 0 Å². The van der Waals surface area contributed by atoms with Gasteiger partial charge in [0.2, 0.25) is 0 Å². The number of hydrogen-bond donors (Lipinski definition) is 3. The lowest BCUT2D eigenvalue weighted by Crippen LogP contribution is -2.55. The summed E-state index contributed by atoms with van der Waals surface area (Å²) >= 11 is 0. The number of anilines is 1. The van der Waals surface area contributed by atoms with Crippen molar-refractivity contribution in [3.63, 3.8) is 0 Å². The van der Waals surface area contributed by atoms with Crippen molar-refractivity contribution in [3.05, 3.63) is 30.3 Å². The molecule has 0 aliphatic carbocycles. The van der Waals surface area contributed by atoms with E-state index < -0.39 is 0 Å². The lowest BCUT2D eigenvalue weighted by molar-refractivity contribution is 0.197. The molecule has 0 radical (unpaired) electrons. The minimum Gasteiger partial charge on any atom is -0.396 e. The van der Waals surface area contributed by atoms with Crippen LogP contribution in [-0.2, 0) is 0 Å². The summed E-state index contributed by atoms with van der Waals surface area (Å²) in [4.78, 5) is 14.6. The van der Waals surface area contributed by atoms with Crippen molar-refractivity contribution in [3.8, 4) is 0 Å². The fourth-order valence-electron chi connectivity index (χ4n) is 3.04. The van der Waals surface area contributed by atoms with E-state index in [1.54, 1.807) is 0 Å². The van der Waals surface area contributed by atoms with Crippen LogP contribution in [0.4, 0.5) is 10.5 Å². The zero-order chi connectivity index (χ0) is 16.7. The van der Waals surface area contributed by atoms with E-state index in [2.05, 4.69) is 27.7 Å². The SMILES string of the molecule is CCC(C)(CCO)NC(=O)NC1CCCN(c2ccccc2)C1. The van der Waals surface area contributed by atoms with E-state index in [1.165, 1.54) is 5.69 Å². The molecule has 128 valence electrons. The number of nitrogens with one attached hydrogen (secondary N) is 2. The molecule has 0 saturated carbocycles. The van der Waals surface area contributed by atoms with Gasteiger partial charge < -0.3 is 20.6 Å². The Labute approximate surface area is 139 Å². The Hall–Kier alpha value is -1.75. The molecule has 0 aromatic heterocycles. The number of benzene rings is 1. The highest BCUT2D eigenvalue weighted by atomic mass is 16.3. The molecule has 1 aliphatic heterocycles. The Bertz CT molecular complexity index is 494. The van der Waals surface area contributed by atoms with Crippen molar-refractivity contribution >= 4 is 11.7 Å². The largest absolute Gasteiger partial charge is 0.396 e. The molecule has 1 aromatic rings. The quantitative estimate of drug-likeness (QED) is 0.755. The first kappa shape index (κ1) is 17.6. The summed E-state index contributed by atoms with van der Waals surface area (Å²) in [6, 6.07) is 10.3. The Morgan fingerprint density at radius 1 is 1.39 bits per heavy atom. The van der Waals surface area contributed by atoms with E-state index in [0.29, 0.717) is 6.42 Å². The number of piperidine rings is 1. The summed E-state index contributed by atoms with van der Waals surface area (Å²) in [6.07, 6.45) is 3.43. The van der Waals surface area contributed by atoms with Gasteiger partial charge in [-0.3, -0.25) is 0 Å². The van der Waals surface area contributed by atoms with Gasteiger partial charge in [-0.25, -0.2) is 4.79 Å². The van der Waals surface area contributed by atoms with Crippen molar-refractivity contribution < 1.29 is 9.90 Å². The van der Waals surface area contributed by atoms with E-state index >= 15 is 0 Å². The second kappa shape index (κ2) is 8.20. The van der Waals surface area contributed by atoms with Gasteiger partial charge in [0, 0.05) is 37.0 Å². The normalized spacial score (nSPS) is 20.7. The van der Waals surface area contributed by atoms with Gasteiger partial charge in [0.25, 0.3) is 0 Å². The predicted molar refractivity (Wildman–Crippen MR) is 93.7 cm³/mol. The Balaban J connectivity index is 1.88. The number of carbonyl (C=O) groups is 1. The first-order valence-electron chi connectivity index (χ1n) is 8.56. The highest BCUT2D eigenvalue weighted by molar-refractivity contribution is 5.75. The topological polar surface area (TPSA) is 64.6 Å². The lowest BCUT2D eigenvalue weighted by Gasteiger charge is -2.36. The maximum Gasteiger partial charge on any atom is 0.315 e. The van der Waals surface area contributed by atoms with E-state index in [1.807, 2.05) is 32.0 Å². The molecular weight excluding hydrogens is 290 g/mol. The number of amides is 2. The summed E-state index contributed by atoms with van der Waals surface area (Å²) in [7, 11) is 0. The average Bonchev–Trinajstić information content (AvgIpc) is 2.56. The van der Waals surface area contributed by atoms with Crippen molar-refractivity contribution in [1.29, 1.82) is 0 Å². The Kier molecular flexibility index (Phi) is 6.28. The third-order valence-electron chi connectivity index (χ3n) is 4.74. The first-order chi connectivity index (χ1) is 11.1. The number of hydrogen-bond acceptors (Lipinski definition) is 3. The average molecular weight is 319 g/mol. The van der Waals surface area contributed by atoms with Crippen molar-refractivity contribution in [2.75, 3.05) is 24.6 Å². The zero-order valence-electron chi connectivity index (χ0n) is 14.2. The maximum atomic E-state index is 12.3. The fourth-order valence-corrected chi connectivity index (χ4v) is 3.04. The lowest BCUT2D eigenvalue weighted by atomic mass is 9.95. The van der Waals surface area contributed by atoms with Gasteiger partial charge in [0.1, 0.15) is 0 Å². The van der Waals surface area contributed by atoms with Crippen LogP contribution in [0.5, 0.6) is 0 Å². The van der Waals surface area contributed by atoms with Crippen LogP contribution in [0.3, 0.4) is 0 Å². The predicted octanol–water partition coefficient (Wildman–Crippen LogP) is 2.51. The second-order valence-electron chi connectivity index (χ2n) is 6.61. The van der Waals surface area contributed by atoms with E-state index in [-0.39, 0.29) is 24.2 Å². The molecule has 1 heterocycles. The molecule has 0 bridgehead atoms. The summed E-state index contributed by atoms with van der Waals surface area (Å²) in [5.74, 6) is 0. The molecule has 5 heteroatoms. The zero-order valence-corrected chi connectivity index (χ0v) is 14.2. The molecule has 2 atom stereocenters. The van der Waals surface area contributed by atoms with Crippen molar-refractivity contribution in [2.24, 2.45) is 0 Å². The highest BCUT2D eigenvalue weighted by Gasteiger charge is 2.26. The molecule has 1 saturated heterocycles. The number of aliphatic hydroxyl groups excluding tert-OH is 1. The van der Waals surface area contributed by atoms with Crippen LogP contribution in [0.1, 0.15) is 39.5 Å². The molecule has 2 amide bonds. The summed E-state index contributed by atoms with van der Waals surface area (Å²) < 4.78 is 0. The fraction of sp³-hybridized carbons (Fsp3) is 0.611. The summed E-state index contributed by atoms with van der Waals surface area (Å²) in [5, 5.41) is 15.3. The molecule has 3 N–H and O–H groups in total. The third-order valence-corrected chi connectivity index (χ3v) is 4.74. The summed E-state index contributed by atoms with van der Waals surface area (Å²) in [5.41, 5.74) is 0.852. The molecule has 5 nitrogen and oxygen atoms in total. The standard InChI is InChI=1S/C18H29N3O2/c1-3-18(2,11-13-22)20-17(23)19-15-8-7-12-21(14-15)16-9-5-4-6-10-16/h4-6,9-10,15,22H,3,7-8,11-14H2,1-2H3,(H2,19,20,23). The van der Waals surface area contributed by atoms with Crippen molar-refractivity contribution in [1.82, 2.24) is 10.6 Å². The van der Waals surface area contributed by atoms with Gasteiger partial charge in [-0.1, -0.05) is 25.1 Å². The molecule has 1 aromatic carbocycles. The Morgan fingerprint density at radius 3 is 2.78 bits per heavy atom. The van der Waals surface area contributed by atoms with Gasteiger partial charge in [-0.2, -0.15) is 0 Å². The van der Waals surface area contributed by atoms with Gasteiger partial charge in [0.05, 0.1) is 0 Å². The maximum absolute atomic E-state index is 12.3. The number of nitrogens with zero attached hydrogens (tertiary/aromatic N) is 1. The van der Waals surface area contributed by atoms with Crippen LogP contribution in [-0.4, -0.2) is 42.4 Å². The monoisotopic (exact) mass is 319 g/mol. The van der Waals surface area contributed by atoms with Crippen LogP contribution in [0.15, 0.2) is 30.3 Å². The van der Waals surface area contributed by atoms with Crippen LogP contribution in [0.25, 0.3) is 0 Å². The minimum atomic E-state index is -0.355. The van der Waals surface area contributed by atoms with E-state index in [9.17, 15) is 4.79 Å². The van der Waals surface area contributed by atoms with Gasteiger partial charge in [0.15, 0.2) is 0 Å². The number of aliphatic hydroxyl groups is 1. The first-order valence-corrected chi connectivity index (χ1v) is 8.56. The van der Waals surface area contributed by atoms with Crippen molar-refractivity contribution in [2.45, 2.75) is 51.1 Å². The number of rotatable bonds is 6.